The molecule has 3 nitrogen and oxygen atoms in total. The summed E-state index contributed by atoms with van der Waals surface area (Å²) in [6.45, 7) is 0. The first-order chi connectivity index (χ1) is 8.31. The van der Waals surface area contributed by atoms with Crippen LogP contribution in [-0.4, -0.2) is 11.3 Å². The second-order valence-corrected chi connectivity index (χ2v) is 4.51. The van der Waals surface area contributed by atoms with Gasteiger partial charge in [-0.2, -0.15) is 0 Å². The predicted molar refractivity (Wildman–Crippen MR) is 66.4 cm³/mol. The minimum atomic E-state index is -1.50. The molecule has 0 bridgehead atoms. The summed E-state index contributed by atoms with van der Waals surface area (Å²) in [7, 11) is 1.40. The van der Waals surface area contributed by atoms with Gasteiger partial charge in [0.2, 0.25) is 0 Å². The quantitative estimate of drug-likeness (QED) is 0.833. The maximum atomic E-state index is 11.6. The highest BCUT2D eigenvalue weighted by molar-refractivity contribution is 7.80. The standard InChI is InChI=1S/C13H12O3S/c1-15-17(14)13-10-6-5-9-12(13)16-11-7-3-2-4-8-11/h2-10H,1H3. The number of hydrogen-bond acceptors (Lipinski definition) is 3. The van der Waals surface area contributed by atoms with Gasteiger partial charge in [0.25, 0.3) is 0 Å². The molecule has 0 radical (unpaired) electrons. The van der Waals surface area contributed by atoms with E-state index in [1.165, 1.54) is 7.11 Å². The number of hydrogen-bond donors (Lipinski definition) is 0. The predicted octanol–water partition coefficient (Wildman–Crippen LogP) is 3.15. The summed E-state index contributed by atoms with van der Waals surface area (Å²) in [4.78, 5) is 0.527. The third-order valence-electron chi connectivity index (χ3n) is 2.15. The fraction of sp³-hybridized carbons (Fsp3) is 0.0769. The number of rotatable bonds is 4. The van der Waals surface area contributed by atoms with Crippen molar-refractivity contribution in [2.45, 2.75) is 4.90 Å². The molecule has 0 heterocycles. The molecule has 0 aromatic heterocycles. The SMILES string of the molecule is COS(=O)c1ccccc1Oc1ccccc1. The zero-order chi connectivity index (χ0) is 12.1. The van der Waals surface area contributed by atoms with Crippen LogP contribution in [0.3, 0.4) is 0 Å². The van der Waals surface area contributed by atoms with Crippen LogP contribution < -0.4 is 4.74 Å². The van der Waals surface area contributed by atoms with E-state index in [9.17, 15) is 4.21 Å². The lowest BCUT2D eigenvalue weighted by molar-refractivity contribution is 0.434. The summed E-state index contributed by atoms with van der Waals surface area (Å²) in [5.74, 6) is 1.24. The van der Waals surface area contributed by atoms with Crippen molar-refractivity contribution in [1.82, 2.24) is 0 Å². The van der Waals surface area contributed by atoms with Crippen molar-refractivity contribution in [3.63, 3.8) is 0 Å². The van der Waals surface area contributed by atoms with Crippen LogP contribution >= 0.6 is 0 Å². The third-order valence-corrected chi connectivity index (χ3v) is 3.15. The zero-order valence-corrected chi connectivity index (χ0v) is 10.1. The lowest BCUT2D eigenvalue weighted by Gasteiger charge is -2.09. The van der Waals surface area contributed by atoms with Gasteiger partial charge in [-0.25, -0.2) is 4.21 Å². The number of benzene rings is 2. The monoisotopic (exact) mass is 248 g/mol. The summed E-state index contributed by atoms with van der Waals surface area (Å²) in [5.41, 5.74) is 0. The summed E-state index contributed by atoms with van der Waals surface area (Å²) in [6, 6.07) is 16.5. The van der Waals surface area contributed by atoms with E-state index < -0.39 is 11.1 Å². The molecule has 0 aliphatic rings. The Hall–Kier alpha value is -1.65. The molecule has 0 N–H and O–H groups in total. The van der Waals surface area contributed by atoms with E-state index in [0.29, 0.717) is 16.4 Å². The molecule has 4 heteroatoms. The Morgan fingerprint density at radius 2 is 1.59 bits per heavy atom. The van der Waals surface area contributed by atoms with Gasteiger partial charge in [-0.3, -0.25) is 4.18 Å². The normalized spacial score (nSPS) is 12.1. The molecule has 17 heavy (non-hydrogen) atoms. The average molecular weight is 248 g/mol. The van der Waals surface area contributed by atoms with Gasteiger partial charge in [0.05, 0.1) is 7.11 Å². The van der Waals surface area contributed by atoms with Crippen LogP contribution in [0, 0.1) is 0 Å². The highest BCUT2D eigenvalue weighted by Crippen LogP contribution is 2.27. The number of para-hydroxylation sites is 2. The molecular formula is C13H12O3S. The highest BCUT2D eigenvalue weighted by Gasteiger charge is 2.10. The van der Waals surface area contributed by atoms with Gasteiger partial charge in [-0.15, -0.1) is 0 Å². The van der Waals surface area contributed by atoms with E-state index in [-0.39, 0.29) is 0 Å². The van der Waals surface area contributed by atoms with Crippen molar-refractivity contribution in [3.05, 3.63) is 54.6 Å². The molecule has 0 aliphatic heterocycles. The maximum Gasteiger partial charge on any atom is 0.192 e. The molecule has 2 rings (SSSR count). The smallest absolute Gasteiger partial charge is 0.192 e. The average Bonchev–Trinajstić information content (AvgIpc) is 2.40. The fourth-order valence-electron chi connectivity index (χ4n) is 1.38. The van der Waals surface area contributed by atoms with E-state index in [2.05, 4.69) is 0 Å². The molecule has 0 saturated heterocycles. The lowest BCUT2D eigenvalue weighted by atomic mass is 10.3. The topological polar surface area (TPSA) is 35.5 Å². The van der Waals surface area contributed by atoms with Crippen molar-refractivity contribution in [2.75, 3.05) is 7.11 Å². The minimum absolute atomic E-state index is 0.527. The highest BCUT2D eigenvalue weighted by atomic mass is 32.2. The summed E-state index contributed by atoms with van der Waals surface area (Å²) < 4.78 is 22.1. The van der Waals surface area contributed by atoms with Crippen LogP contribution in [0.1, 0.15) is 0 Å². The van der Waals surface area contributed by atoms with Crippen LogP contribution in [0.25, 0.3) is 0 Å². The second-order valence-electron chi connectivity index (χ2n) is 3.26. The molecule has 0 amide bonds. The van der Waals surface area contributed by atoms with E-state index in [1.807, 2.05) is 36.4 Å². The first-order valence-electron chi connectivity index (χ1n) is 5.09. The first kappa shape index (κ1) is 11.8. The van der Waals surface area contributed by atoms with Gasteiger partial charge in [-0.1, -0.05) is 30.3 Å². The summed E-state index contributed by atoms with van der Waals surface area (Å²) in [5, 5.41) is 0. The first-order valence-corrected chi connectivity index (χ1v) is 6.17. The van der Waals surface area contributed by atoms with Gasteiger partial charge in [0, 0.05) is 0 Å². The van der Waals surface area contributed by atoms with Gasteiger partial charge in [0.15, 0.2) is 11.1 Å². The van der Waals surface area contributed by atoms with Crippen molar-refractivity contribution in [1.29, 1.82) is 0 Å². The Morgan fingerprint density at radius 3 is 2.29 bits per heavy atom. The molecule has 0 aliphatic carbocycles. The van der Waals surface area contributed by atoms with Crippen molar-refractivity contribution in [2.24, 2.45) is 0 Å². The van der Waals surface area contributed by atoms with Crippen LogP contribution in [0.2, 0.25) is 0 Å². The molecule has 0 spiro atoms. The van der Waals surface area contributed by atoms with Crippen molar-refractivity contribution >= 4 is 11.1 Å². The third kappa shape index (κ3) is 2.93. The van der Waals surface area contributed by atoms with E-state index in [0.717, 1.165) is 0 Å². The number of ether oxygens (including phenoxy) is 1. The van der Waals surface area contributed by atoms with E-state index in [1.54, 1.807) is 18.2 Å². The molecule has 2 aromatic rings. The van der Waals surface area contributed by atoms with Gasteiger partial charge in [0.1, 0.15) is 16.4 Å². The van der Waals surface area contributed by atoms with Gasteiger partial charge in [-0.05, 0) is 24.3 Å². The molecule has 1 unspecified atom stereocenters. The van der Waals surface area contributed by atoms with Crippen LogP contribution in [-0.2, 0) is 15.3 Å². The molecule has 2 aromatic carbocycles. The van der Waals surface area contributed by atoms with E-state index >= 15 is 0 Å². The largest absolute Gasteiger partial charge is 0.456 e. The van der Waals surface area contributed by atoms with Crippen LogP contribution in [0.5, 0.6) is 11.5 Å². The minimum Gasteiger partial charge on any atom is -0.456 e. The van der Waals surface area contributed by atoms with Crippen molar-refractivity contribution in [3.8, 4) is 11.5 Å². The summed E-state index contributed by atoms with van der Waals surface area (Å²) >= 11 is -1.50. The molecule has 1 atom stereocenters. The van der Waals surface area contributed by atoms with Crippen LogP contribution in [0.4, 0.5) is 0 Å². The Kier molecular flexibility index (Phi) is 3.90. The molecule has 0 fully saturated rings. The van der Waals surface area contributed by atoms with Gasteiger partial charge >= 0.3 is 0 Å². The molecular weight excluding hydrogens is 236 g/mol. The molecule has 0 saturated carbocycles. The lowest BCUT2D eigenvalue weighted by Crippen LogP contribution is -1.96. The Bertz CT molecular complexity index is 511. The van der Waals surface area contributed by atoms with Crippen molar-refractivity contribution < 1.29 is 13.1 Å². The zero-order valence-electron chi connectivity index (χ0n) is 9.33. The summed E-state index contributed by atoms with van der Waals surface area (Å²) in [6.07, 6.45) is 0. The van der Waals surface area contributed by atoms with Crippen LogP contribution in [0.15, 0.2) is 59.5 Å². The Labute approximate surface area is 103 Å². The Balaban J connectivity index is 2.30. The van der Waals surface area contributed by atoms with E-state index in [4.69, 9.17) is 8.92 Å². The second kappa shape index (κ2) is 5.61. The maximum absolute atomic E-state index is 11.6. The Morgan fingerprint density at radius 1 is 0.941 bits per heavy atom. The van der Waals surface area contributed by atoms with Gasteiger partial charge < -0.3 is 4.74 Å². The fourth-order valence-corrected chi connectivity index (χ4v) is 2.02. The molecule has 88 valence electrons.